The van der Waals surface area contributed by atoms with Crippen LogP contribution in [-0.2, 0) is 4.79 Å². The average Bonchev–Trinajstić information content (AvgIpc) is 2.97. The zero-order valence-electron chi connectivity index (χ0n) is 17.8. The van der Waals surface area contributed by atoms with Crippen LogP contribution in [0, 0.1) is 46.3 Å². The van der Waals surface area contributed by atoms with Crippen molar-refractivity contribution in [3.63, 3.8) is 0 Å². The molecule has 2 heteroatoms. The molecule has 8 atom stereocenters. The maximum atomic E-state index is 11.1. The van der Waals surface area contributed by atoms with Crippen molar-refractivity contribution in [3.8, 4) is 0 Å². The number of carboxylic acid groups (broad SMARTS) is 1. The molecule has 4 aliphatic carbocycles. The summed E-state index contributed by atoms with van der Waals surface area (Å²) < 4.78 is 0. The lowest BCUT2D eigenvalue weighted by molar-refractivity contribution is -0.137. The Morgan fingerprint density at radius 2 is 1.85 bits per heavy atom. The Hall–Kier alpha value is -0.790. The fourth-order valence-corrected chi connectivity index (χ4v) is 8.68. The van der Waals surface area contributed by atoms with E-state index >= 15 is 0 Å². The zero-order chi connectivity index (χ0) is 19.4. The van der Waals surface area contributed by atoms with Crippen molar-refractivity contribution >= 4 is 5.97 Å². The van der Waals surface area contributed by atoms with E-state index in [0.717, 1.165) is 36.0 Å². The van der Waals surface area contributed by atoms with Crippen LogP contribution in [0.25, 0.3) is 0 Å². The van der Waals surface area contributed by atoms with Gasteiger partial charge in [0.2, 0.25) is 0 Å². The van der Waals surface area contributed by atoms with Crippen LogP contribution in [-0.4, -0.2) is 11.1 Å². The summed E-state index contributed by atoms with van der Waals surface area (Å²) in [6.45, 7) is 11.9. The van der Waals surface area contributed by atoms with Gasteiger partial charge < -0.3 is 5.11 Å². The van der Waals surface area contributed by atoms with Gasteiger partial charge in [-0.2, -0.15) is 0 Å². The Kier molecular flexibility index (Phi) is 5.00. The number of carbonyl (C=O) groups is 1. The Labute approximate surface area is 166 Å². The lowest BCUT2D eigenvalue weighted by Crippen LogP contribution is -2.53. The molecular weight excluding hydrogens is 332 g/mol. The third kappa shape index (κ3) is 3.10. The predicted octanol–water partition coefficient (Wildman–Crippen LogP) is 6.70. The highest BCUT2D eigenvalue weighted by atomic mass is 16.4. The summed E-state index contributed by atoms with van der Waals surface area (Å²) in [7, 11) is 0. The lowest BCUT2D eigenvalue weighted by Gasteiger charge is -2.61. The molecule has 0 spiro atoms. The predicted molar refractivity (Wildman–Crippen MR) is 110 cm³/mol. The van der Waals surface area contributed by atoms with Gasteiger partial charge in [0.25, 0.3) is 0 Å². The first-order valence-corrected chi connectivity index (χ1v) is 11.6. The molecule has 0 amide bonds. The standard InChI is InChI=1S/C25H40O2/c1-16-11-13-24(3)18(15-16)6-7-19-21-9-8-20(17(2)5-10-23(26)27)25(21,4)14-12-22(19)24/h17-22H,1,5-15H2,2-4H3,(H,26,27)/t17-,18?,19?,20?,21?,22?,24+,25-/m1/s1. The third-order valence-corrected chi connectivity index (χ3v) is 10.2. The summed E-state index contributed by atoms with van der Waals surface area (Å²) in [5, 5.41) is 9.11. The van der Waals surface area contributed by atoms with E-state index in [1.807, 2.05) is 0 Å². The van der Waals surface area contributed by atoms with Crippen molar-refractivity contribution in [2.45, 2.75) is 91.4 Å². The second kappa shape index (κ2) is 6.92. The smallest absolute Gasteiger partial charge is 0.303 e. The highest BCUT2D eigenvalue weighted by molar-refractivity contribution is 5.66. The first-order chi connectivity index (χ1) is 12.8. The van der Waals surface area contributed by atoms with Crippen molar-refractivity contribution in [3.05, 3.63) is 12.2 Å². The minimum absolute atomic E-state index is 0.341. The molecule has 4 aliphatic rings. The monoisotopic (exact) mass is 372 g/mol. The third-order valence-electron chi connectivity index (χ3n) is 10.2. The molecule has 152 valence electrons. The van der Waals surface area contributed by atoms with Gasteiger partial charge in [-0.1, -0.05) is 32.9 Å². The van der Waals surface area contributed by atoms with Crippen LogP contribution in [0.15, 0.2) is 12.2 Å². The van der Waals surface area contributed by atoms with Crippen LogP contribution in [0.2, 0.25) is 0 Å². The molecule has 4 fully saturated rings. The van der Waals surface area contributed by atoms with Gasteiger partial charge in [-0.3, -0.25) is 4.79 Å². The average molecular weight is 373 g/mol. The minimum atomic E-state index is -0.629. The van der Waals surface area contributed by atoms with Crippen LogP contribution in [0.3, 0.4) is 0 Å². The molecule has 0 radical (unpaired) electrons. The molecule has 27 heavy (non-hydrogen) atoms. The molecule has 4 rings (SSSR count). The highest BCUT2D eigenvalue weighted by Crippen LogP contribution is 2.68. The van der Waals surface area contributed by atoms with Gasteiger partial charge in [-0.05, 0) is 111 Å². The van der Waals surface area contributed by atoms with E-state index in [0.29, 0.717) is 23.2 Å². The molecule has 0 aromatic rings. The van der Waals surface area contributed by atoms with Crippen LogP contribution in [0.4, 0.5) is 0 Å². The SMILES string of the molecule is C=C1CC[C@@]2(C)C(CCC3C2CC[C@@]2(C)C3CCC2[C@H](C)CCC(=O)O)C1. The number of carboxylic acids is 1. The normalized spacial score (nSPS) is 47.7. The number of rotatable bonds is 4. The number of hydrogen-bond donors (Lipinski definition) is 1. The van der Waals surface area contributed by atoms with Crippen LogP contribution < -0.4 is 0 Å². The van der Waals surface area contributed by atoms with Crippen molar-refractivity contribution in [1.29, 1.82) is 0 Å². The van der Waals surface area contributed by atoms with E-state index in [9.17, 15) is 4.79 Å². The molecule has 0 heterocycles. The number of hydrogen-bond acceptors (Lipinski definition) is 1. The molecule has 5 unspecified atom stereocenters. The fraction of sp³-hybridized carbons (Fsp3) is 0.880. The van der Waals surface area contributed by atoms with Gasteiger partial charge in [-0.15, -0.1) is 0 Å². The molecule has 0 bridgehead atoms. The van der Waals surface area contributed by atoms with E-state index in [-0.39, 0.29) is 0 Å². The lowest BCUT2D eigenvalue weighted by atomic mass is 9.44. The maximum Gasteiger partial charge on any atom is 0.303 e. The maximum absolute atomic E-state index is 11.1. The van der Waals surface area contributed by atoms with E-state index in [1.54, 1.807) is 0 Å². The Morgan fingerprint density at radius 3 is 2.59 bits per heavy atom. The van der Waals surface area contributed by atoms with Gasteiger partial charge >= 0.3 is 5.97 Å². The fourth-order valence-electron chi connectivity index (χ4n) is 8.68. The Morgan fingerprint density at radius 1 is 1.11 bits per heavy atom. The summed E-state index contributed by atoms with van der Waals surface area (Å²) in [5.41, 5.74) is 2.52. The van der Waals surface area contributed by atoms with Gasteiger partial charge in [0, 0.05) is 6.42 Å². The molecule has 0 aromatic heterocycles. The zero-order valence-corrected chi connectivity index (χ0v) is 17.8. The summed E-state index contributed by atoms with van der Waals surface area (Å²) in [5.74, 6) is 4.28. The first-order valence-electron chi connectivity index (χ1n) is 11.6. The summed E-state index contributed by atoms with van der Waals surface area (Å²) in [6.07, 6.45) is 13.5. The summed E-state index contributed by atoms with van der Waals surface area (Å²) in [4.78, 5) is 11.1. The van der Waals surface area contributed by atoms with E-state index in [4.69, 9.17) is 5.11 Å². The number of allylic oxidation sites excluding steroid dienone is 1. The largest absolute Gasteiger partial charge is 0.481 e. The minimum Gasteiger partial charge on any atom is -0.481 e. The van der Waals surface area contributed by atoms with Crippen molar-refractivity contribution in [2.75, 3.05) is 0 Å². The van der Waals surface area contributed by atoms with Crippen molar-refractivity contribution in [1.82, 2.24) is 0 Å². The van der Waals surface area contributed by atoms with Crippen molar-refractivity contribution < 1.29 is 9.90 Å². The second-order valence-electron chi connectivity index (χ2n) is 11.2. The van der Waals surface area contributed by atoms with Crippen LogP contribution in [0.5, 0.6) is 0 Å². The molecule has 2 nitrogen and oxygen atoms in total. The van der Waals surface area contributed by atoms with Gasteiger partial charge in [0.1, 0.15) is 0 Å². The first kappa shape index (κ1) is 19.5. The summed E-state index contributed by atoms with van der Waals surface area (Å²) >= 11 is 0. The molecular formula is C25H40O2. The summed E-state index contributed by atoms with van der Waals surface area (Å²) in [6, 6.07) is 0. The van der Waals surface area contributed by atoms with Gasteiger partial charge in [-0.25, -0.2) is 0 Å². The van der Waals surface area contributed by atoms with Crippen LogP contribution >= 0.6 is 0 Å². The quantitative estimate of drug-likeness (QED) is 0.557. The van der Waals surface area contributed by atoms with E-state index in [2.05, 4.69) is 27.4 Å². The Balaban J connectivity index is 1.52. The molecule has 0 aromatic carbocycles. The second-order valence-corrected chi connectivity index (χ2v) is 11.2. The topological polar surface area (TPSA) is 37.3 Å². The number of aliphatic carboxylic acids is 1. The Bertz CT molecular complexity index is 609. The van der Waals surface area contributed by atoms with Crippen LogP contribution in [0.1, 0.15) is 91.4 Å². The van der Waals surface area contributed by atoms with Crippen molar-refractivity contribution in [2.24, 2.45) is 46.3 Å². The van der Waals surface area contributed by atoms with Gasteiger partial charge in [0.05, 0.1) is 0 Å². The van der Waals surface area contributed by atoms with E-state index in [1.165, 1.54) is 63.4 Å². The van der Waals surface area contributed by atoms with E-state index < -0.39 is 5.97 Å². The molecule has 1 N–H and O–H groups in total. The molecule has 4 saturated carbocycles. The number of fused-ring (bicyclic) bond motifs is 5. The highest BCUT2D eigenvalue weighted by Gasteiger charge is 2.60. The molecule has 0 aliphatic heterocycles. The van der Waals surface area contributed by atoms with Gasteiger partial charge in [0.15, 0.2) is 0 Å². The molecule has 0 saturated heterocycles.